The normalized spacial score (nSPS) is 11.9. The Bertz CT molecular complexity index is 1010. The third-order valence-electron chi connectivity index (χ3n) is 5.38. The highest BCUT2D eigenvalue weighted by atomic mass is 16.5. The van der Waals surface area contributed by atoms with Gasteiger partial charge in [-0.3, -0.25) is 14.7 Å². The molecule has 0 saturated carbocycles. The molecule has 0 aliphatic heterocycles. The summed E-state index contributed by atoms with van der Waals surface area (Å²) >= 11 is 0. The van der Waals surface area contributed by atoms with Gasteiger partial charge >= 0.3 is 0 Å². The van der Waals surface area contributed by atoms with Crippen molar-refractivity contribution in [2.45, 2.75) is 45.9 Å². The molecule has 0 aliphatic carbocycles. The second-order valence-electron chi connectivity index (χ2n) is 7.51. The average molecular weight is 439 g/mol. The Hall–Kier alpha value is -3.39. The largest absolute Gasteiger partial charge is 0.497 e. The zero-order valence-corrected chi connectivity index (χ0v) is 19.0. The summed E-state index contributed by atoms with van der Waals surface area (Å²) in [5, 5.41) is 2.84. The van der Waals surface area contributed by atoms with Crippen molar-refractivity contribution in [2.24, 2.45) is 0 Å². The minimum absolute atomic E-state index is 0.259. The van der Waals surface area contributed by atoms with Crippen LogP contribution in [0.15, 0.2) is 53.4 Å². The summed E-state index contributed by atoms with van der Waals surface area (Å²) in [6, 6.07) is 9.80. The Balaban J connectivity index is 1.67. The second-order valence-corrected chi connectivity index (χ2v) is 7.51. The lowest BCUT2D eigenvalue weighted by atomic mass is 10.1. The van der Waals surface area contributed by atoms with Crippen molar-refractivity contribution >= 4 is 5.91 Å². The fourth-order valence-electron chi connectivity index (χ4n) is 3.26. The summed E-state index contributed by atoms with van der Waals surface area (Å²) in [6.07, 6.45) is 5.76. The number of hydrogen-bond donors (Lipinski definition) is 1. The van der Waals surface area contributed by atoms with Crippen LogP contribution in [-0.2, 0) is 19.6 Å². The first kappa shape index (κ1) is 23.3. The quantitative estimate of drug-likeness (QED) is 0.487. The number of ether oxygens (including phenoxy) is 2. The molecule has 1 N–H and O–H groups in total. The van der Waals surface area contributed by atoms with Crippen LogP contribution in [0.25, 0.3) is 0 Å². The number of carbonyl (C=O) groups excluding carboxylic acids is 1. The molecule has 2 aromatic heterocycles. The van der Waals surface area contributed by atoms with E-state index in [1.54, 1.807) is 26.6 Å². The van der Waals surface area contributed by atoms with Gasteiger partial charge in [0.15, 0.2) is 5.69 Å². The number of oxazole rings is 1. The van der Waals surface area contributed by atoms with E-state index in [1.165, 1.54) is 6.26 Å². The Morgan fingerprint density at radius 1 is 1.22 bits per heavy atom. The van der Waals surface area contributed by atoms with Crippen molar-refractivity contribution < 1.29 is 18.7 Å². The number of nitrogens with one attached hydrogen (secondary N) is 1. The second kappa shape index (κ2) is 11.3. The third-order valence-corrected chi connectivity index (χ3v) is 5.38. The standard InChI is InChI=1S/C24H30N4O4/c1-5-17(2)28(14-19-8-9-20(30-3)11-22(19)31-4)15-23-27-21(16-32-23)24(29)26-13-18-7-6-10-25-12-18/h6-12,16-17H,5,13-15H2,1-4H3,(H,26,29). The SMILES string of the molecule is CCC(C)N(Cc1nc(C(=O)NCc2cccnc2)co1)Cc1ccc(OC)cc1OC. The molecule has 0 aliphatic rings. The van der Waals surface area contributed by atoms with Crippen LogP contribution in [0.1, 0.15) is 47.8 Å². The number of rotatable bonds is 11. The molecular weight excluding hydrogens is 408 g/mol. The van der Waals surface area contributed by atoms with Gasteiger partial charge in [0, 0.05) is 43.2 Å². The number of methoxy groups -OCH3 is 2. The van der Waals surface area contributed by atoms with E-state index in [1.807, 2.05) is 30.3 Å². The predicted molar refractivity (Wildman–Crippen MR) is 120 cm³/mol. The van der Waals surface area contributed by atoms with Gasteiger partial charge in [-0.15, -0.1) is 0 Å². The van der Waals surface area contributed by atoms with Crippen LogP contribution >= 0.6 is 0 Å². The average Bonchev–Trinajstić information content (AvgIpc) is 3.31. The van der Waals surface area contributed by atoms with Gasteiger partial charge in [0.25, 0.3) is 5.91 Å². The van der Waals surface area contributed by atoms with E-state index in [0.717, 1.165) is 29.0 Å². The van der Waals surface area contributed by atoms with E-state index in [-0.39, 0.29) is 17.6 Å². The van der Waals surface area contributed by atoms with Gasteiger partial charge < -0.3 is 19.2 Å². The number of pyridine rings is 1. The number of aromatic nitrogens is 2. The van der Waals surface area contributed by atoms with Crippen LogP contribution in [0, 0.1) is 0 Å². The number of carbonyl (C=O) groups is 1. The van der Waals surface area contributed by atoms with Crippen molar-refractivity contribution in [3.63, 3.8) is 0 Å². The fraction of sp³-hybridized carbons (Fsp3) is 0.375. The zero-order valence-electron chi connectivity index (χ0n) is 19.0. The number of hydrogen-bond acceptors (Lipinski definition) is 7. The number of benzene rings is 1. The molecule has 0 fully saturated rings. The van der Waals surface area contributed by atoms with Crippen molar-refractivity contribution in [3.05, 3.63) is 71.7 Å². The van der Waals surface area contributed by atoms with Crippen molar-refractivity contribution in [3.8, 4) is 11.5 Å². The number of nitrogens with zero attached hydrogens (tertiary/aromatic N) is 3. The Morgan fingerprint density at radius 2 is 2.06 bits per heavy atom. The summed E-state index contributed by atoms with van der Waals surface area (Å²) in [4.78, 5) is 23.1. The maximum Gasteiger partial charge on any atom is 0.273 e. The molecule has 8 nitrogen and oxygen atoms in total. The van der Waals surface area contributed by atoms with Crippen molar-refractivity contribution in [1.82, 2.24) is 20.2 Å². The van der Waals surface area contributed by atoms with Crippen LogP contribution in [0.5, 0.6) is 11.5 Å². The molecule has 8 heteroatoms. The summed E-state index contributed by atoms with van der Waals surface area (Å²) in [6.45, 7) is 5.79. The molecule has 1 unspecified atom stereocenters. The molecule has 170 valence electrons. The van der Waals surface area contributed by atoms with E-state index in [2.05, 4.69) is 34.0 Å². The van der Waals surface area contributed by atoms with E-state index in [9.17, 15) is 4.79 Å². The Kier molecular flexibility index (Phi) is 8.21. The summed E-state index contributed by atoms with van der Waals surface area (Å²) < 4.78 is 16.5. The highest BCUT2D eigenvalue weighted by molar-refractivity contribution is 5.91. The van der Waals surface area contributed by atoms with Crippen LogP contribution in [0.2, 0.25) is 0 Å². The van der Waals surface area contributed by atoms with Gasteiger partial charge in [0.05, 0.1) is 20.8 Å². The van der Waals surface area contributed by atoms with Crippen molar-refractivity contribution in [2.75, 3.05) is 14.2 Å². The minimum Gasteiger partial charge on any atom is -0.497 e. The summed E-state index contributed by atoms with van der Waals surface area (Å²) in [7, 11) is 3.28. The van der Waals surface area contributed by atoms with Gasteiger partial charge in [0.1, 0.15) is 17.8 Å². The molecule has 2 heterocycles. The predicted octanol–water partition coefficient (Wildman–Crippen LogP) is 3.82. The fourth-order valence-corrected chi connectivity index (χ4v) is 3.26. The topological polar surface area (TPSA) is 89.7 Å². The lowest BCUT2D eigenvalue weighted by Gasteiger charge is -2.27. The molecule has 1 amide bonds. The lowest BCUT2D eigenvalue weighted by Crippen LogP contribution is -2.32. The van der Waals surface area contributed by atoms with Gasteiger partial charge in [-0.1, -0.05) is 19.1 Å². The van der Waals surface area contributed by atoms with Crippen LogP contribution in [0.4, 0.5) is 0 Å². The minimum atomic E-state index is -0.282. The van der Waals surface area contributed by atoms with E-state index in [0.29, 0.717) is 25.5 Å². The summed E-state index contributed by atoms with van der Waals surface area (Å²) in [5.41, 5.74) is 2.21. The van der Waals surface area contributed by atoms with Crippen LogP contribution in [0.3, 0.4) is 0 Å². The molecule has 3 aromatic rings. The Morgan fingerprint density at radius 3 is 2.75 bits per heavy atom. The van der Waals surface area contributed by atoms with E-state index >= 15 is 0 Å². The molecular formula is C24H30N4O4. The lowest BCUT2D eigenvalue weighted by molar-refractivity contribution is 0.0945. The Labute approximate surface area is 188 Å². The van der Waals surface area contributed by atoms with Gasteiger partial charge in [-0.2, -0.15) is 0 Å². The maximum atomic E-state index is 12.4. The monoisotopic (exact) mass is 438 g/mol. The third kappa shape index (κ3) is 6.07. The molecule has 0 saturated heterocycles. The highest BCUT2D eigenvalue weighted by Gasteiger charge is 2.20. The van der Waals surface area contributed by atoms with Crippen LogP contribution in [-0.4, -0.2) is 41.0 Å². The summed E-state index contributed by atoms with van der Waals surface area (Å²) in [5.74, 6) is 1.72. The first-order valence-electron chi connectivity index (χ1n) is 10.6. The zero-order chi connectivity index (χ0) is 22.9. The highest BCUT2D eigenvalue weighted by Crippen LogP contribution is 2.27. The molecule has 1 aromatic carbocycles. The van der Waals surface area contributed by atoms with Crippen LogP contribution < -0.4 is 14.8 Å². The van der Waals surface area contributed by atoms with Gasteiger partial charge in [0.2, 0.25) is 5.89 Å². The van der Waals surface area contributed by atoms with Gasteiger partial charge in [-0.05, 0) is 31.0 Å². The molecule has 32 heavy (non-hydrogen) atoms. The molecule has 0 bridgehead atoms. The maximum absolute atomic E-state index is 12.4. The van der Waals surface area contributed by atoms with E-state index in [4.69, 9.17) is 13.9 Å². The number of amides is 1. The molecule has 0 spiro atoms. The molecule has 0 radical (unpaired) electrons. The molecule has 3 rings (SSSR count). The first-order valence-corrected chi connectivity index (χ1v) is 10.6. The first-order chi connectivity index (χ1) is 15.5. The van der Waals surface area contributed by atoms with Crippen molar-refractivity contribution in [1.29, 1.82) is 0 Å². The smallest absolute Gasteiger partial charge is 0.273 e. The van der Waals surface area contributed by atoms with Gasteiger partial charge in [-0.25, -0.2) is 4.98 Å². The van der Waals surface area contributed by atoms with E-state index < -0.39 is 0 Å². The molecule has 1 atom stereocenters.